The first-order chi connectivity index (χ1) is 8.50. The standard InChI is InChI=1S/C16H24O2/c1-4-5-7-12-10-16(3)13(11(2)15(12)18)8-6-9-14(16)17/h4-5,7,11,13-14,17H,6,8-10H2,1-3H3/t11?,13?,14-,16-/m0/s1. The van der Waals surface area contributed by atoms with E-state index in [2.05, 4.69) is 6.92 Å². The molecule has 2 heteroatoms. The van der Waals surface area contributed by atoms with Crippen molar-refractivity contribution in [2.24, 2.45) is 17.3 Å². The first-order valence-electron chi connectivity index (χ1n) is 7.05. The lowest BCUT2D eigenvalue weighted by atomic mass is 9.54. The van der Waals surface area contributed by atoms with Gasteiger partial charge in [0.2, 0.25) is 0 Å². The summed E-state index contributed by atoms with van der Waals surface area (Å²) in [4.78, 5) is 12.4. The number of allylic oxidation sites excluding steroid dienone is 4. The maximum absolute atomic E-state index is 12.4. The fourth-order valence-corrected chi connectivity index (χ4v) is 3.83. The zero-order valence-corrected chi connectivity index (χ0v) is 11.6. The average molecular weight is 248 g/mol. The van der Waals surface area contributed by atoms with Crippen LogP contribution in [0.3, 0.4) is 0 Å². The van der Waals surface area contributed by atoms with Crippen molar-refractivity contribution >= 4 is 5.78 Å². The van der Waals surface area contributed by atoms with E-state index in [-0.39, 0.29) is 23.2 Å². The second-order valence-electron chi connectivity index (χ2n) is 6.11. The zero-order valence-electron chi connectivity index (χ0n) is 11.6. The first-order valence-corrected chi connectivity index (χ1v) is 7.05. The molecule has 0 heterocycles. The number of rotatable bonds is 1. The van der Waals surface area contributed by atoms with Gasteiger partial charge in [-0.1, -0.05) is 38.5 Å². The molecule has 0 radical (unpaired) electrons. The van der Waals surface area contributed by atoms with E-state index >= 15 is 0 Å². The third kappa shape index (κ3) is 2.07. The highest BCUT2D eigenvalue weighted by molar-refractivity contribution is 5.98. The molecule has 4 atom stereocenters. The molecule has 0 aromatic heterocycles. The van der Waals surface area contributed by atoms with Gasteiger partial charge in [-0.05, 0) is 37.7 Å². The van der Waals surface area contributed by atoms with Crippen LogP contribution in [0.25, 0.3) is 0 Å². The Morgan fingerprint density at radius 2 is 2.11 bits per heavy atom. The number of carbonyl (C=O) groups excluding carboxylic acids is 1. The van der Waals surface area contributed by atoms with E-state index in [0.29, 0.717) is 5.92 Å². The van der Waals surface area contributed by atoms with Crippen LogP contribution in [0.1, 0.15) is 46.5 Å². The van der Waals surface area contributed by atoms with E-state index in [9.17, 15) is 9.90 Å². The summed E-state index contributed by atoms with van der Waals surface area (Å²) in [5, 5.41) is 10.4. The topological polar surface area (TPSA) is 37.3 Å². The van der Waals surface area contributed by atoms with Crippen molar-refractivity contribution in [1.82, 2.24) is 0 Å². The summed E-state index contributed by atoms with van der Waals surface area (Å²) >= 11 is 0. The summed E-state index contributed by atoms with van der Waals surface area (Å²) in [7, 11) is 0. The van der Waals surface area contributed by atoms with Crippen molar-refractivity contribution in [2.75, 3.05) is 0 Å². The van der Waals surface area contributed by atoms with Gasteiger partial charge in [-0.2, -0.15) is 0 Å². The molecule has 100 valence electrons. The van der Waals surface area contributed by atoms with E-state index in [4.69, 9.17) is 0 Å². The molecule has 0 aliphatic heterocycles. The molecule has 2 aliphatic carbocycles. The summed E-state index contributed by atoms with van der Waals surface area (Å²) in [6.07, 6.45) is 9.28. The Labute approximate surface area is 110 Å². The molecule has 0 bridgehead atoms. The normalized spacial score (nSPS) is 43.4. The van der Waals surface area contributed by atoms with Gasteiger partial charge in [0.05, 0.1) is 6.10 Å². The van der Waals surface area contributed by atoms with Gasteiger partial charge in [-0.15, -0.1) is 0 Å². The molecule has 2 rings (SSSR count). The Morgan fingerprint density at radius 3 is 2.78 bits per heavy atom. The number of aliphatic hydroxyl groups is 1. The van der Waals surface area contributed by atoms with Crippen LogP contribution in [0.2, 0.25) is 0 Å². The molecule has 2 aliphatic rings. The molecule has 1 N–H and O–H groups in total. The maximum atomic E-state index is 12.4. The van der Waals surface area contributed by atoms with Gasteiger partial charge < -0.3 is 5.11 Å². The van der Waals surface area contributed by atoms with Crippen LogP contribution >= 0.6 is 0 Å². The molecule has 0 spiro atoms. The highest BCUT2D eigenvalue weighted by Crippen LogP contribution is 2.52. The minimum atomic E-state index is -0.263. The van der Waals surface area contributed by atoms with Crippen LogP contribution in [0, 0.1) is 17.3 Å². The van der Waals surface area contributed by atoms with Crippen LogP contribution in [-0.2, 0) is 4.79 Å². The van der Waals surface area contributed by atoms with Crippen molar-refractivity contribution < 1.29 is 9.90 Å². The lowest BCUT2D eigenvalue weighted by Crippen LogP contribution is -2.51. The highest BCUT2D eigenvalue weighted by atomic mass is 16.3. The number of hydrogen-bond acceptors (Lipinski definition) is 2. The van der Waals surface area contributed by atoms with Gasteiger partial charge in [0, 0.05) is 11.3 Å². The number of hydrogen-bond donors (Lipinski definition) is 1. The Hall–Kier alpha value is -0.890. The van der Waals surface area contributed by atoms with E-state index in [1.807, 2.05) is 32.1 Å². The number of aliphatic hydroxyl groups excluding tert-OH is 1. The Bertz CT molecular complexity index is 394. The number of fused-ring (bicyclic) bond motifs is 1. The van der Waals surface area contributed by atoms with Gasteiger partial charge in [0.25, 0.3) is 0 Å². The summed E-state index contributed by atoms with van der Waals surface area (Å²) in [6.45, 7) is 6.15. The lowest BCUT2D eigenvalue weighted by Gasteiger charge is -2.51. The molecule has 2 nitrogen and oxygen atoms in total. The van der Waals surface area contributed by atoms with Crippen molar-refractivity contribution in [1.29, 1.82) is 0 Å². The molecule has 2 fully saturated rings. The van der Waals surface area contributed by atoms with Crippen LogP contribution < -0.4 is 0 Å². The van der Waals surface area contributed by atoms with Crippen LogP contribution in [0.15, 0.2) is 23.8 Å². The Kier molecular flexibility index (Phi) is 3.76. The van der Waals surface area contributed by atoms with Crippen LogP contribution in [-0.4, -0.2) is 17.0 Å². The van der Waals surface area contributed by atoms with Crippen molar-refractivity contribution in [3.63, 3.8) is 0 Å². The minimum absolute atomic E-state index is 0.0511. The molecule has 18 heavy (non-hydrogen) atoms. The summed E-state index contributed by atoms with van der Waals surface area (Å²) in [5.74, 6) is 0.677. The second-order valence-corrected chi connectivity index (χ2v) is 6.11. The molecule has 2 saturated carbocycles. The van der Waals surface area contributed by atoms with E-state index in [1.165, 1.54) is 0 Å². The third-order valence-electron chi connectivity index (χ3n) is 5.00. The van der Waals surface area contributed by atoms with Crippen LogP contribution in [0.5, 0.6) is 0 Å². The smallest absolute Gasteiger partial charge is 0.161 e. The van der Waals surface area contributed by atoms with E-state index in [0.717, 1.165) is 31.3 Å². The molecular formula is C16H24O2. The lowest BCUT2D eigenvalue weighted by molar-refractivity contribution is -0.133. The van der Waals surface area contributed by atoms with Gasteiger partial charge in [-0.3, -0.25) is 4.79 Å². The predicted molar refractivity (Wildman–Crippen MR) is 73.1 cm³/mol. The van der Waals surface area contributed by atoms with Crippen molar-refractivity contribution in [2.45, 2.75) is 52.6 Å². The largest absolute Gasteiger partial charge is 0.393 e. The number of Topliss-reactive ketones (excluding diaryl/α,β-unsaturated/α-hetero) is 1. The second kappa shape index (κ2) is 5.00. The fraction of sp³-hybridized carbons (Fsp3) is 0.688. The molecule has 0 aromatic carbocycles. The van der Waals surface area contributed by atoms with Crippen molar-refractivity contribution in [3.8, 4) is 0 Å². The summed E-state index contributed by atoms with van der Waals surface area (Å²) in [6, 6.07) is 0. The fourth-order valence-electron chi connectivity index (χ4n) is 3.83. The first kappa shape index (κ1) is 13.5. The molecular weight excluding hydrogens is 224 g/mol. The highest BCUT2D eigenvalue weighted by Gasteiger charge is 2.51. The van der Waals surface area contributed by atoms with Crippen LogP contribution in [0.4, 0.5) is 0 Å². The minimum Gasteiger partial charge on any atom is -0.393 e. The zero-order chi connectivity index (χ0) is 13.3. The van der Waals surface area contributed by atoms with Crippen molar-refractivity contribution in [3.05, 3.63) is 23.8 Å². The Balaban J connectivity index is 2.34. The SMILES string of the molecule is CC=CC=C1C[C@@]2(C)C(CCC[C@@H]2O)C(C)C1=O. The van der Waals surface area contributed by atoms with E-state index < -0.39 is 0 Å². The van der Waals surface area contributed by atoms with E-state index in [1.54, 1.807) is 0 Å². The van der Waals surface area contributed by atoms with Gasteiger partial charge in [-0.25, -0.2) is 0 Å². The predicted octanol–water partition coefficient (Wildman–Crippen LogP) is 3.27. The van der Waals surface area contributed by atoms with Gasteiger partial charge in [0.1, 0.15) is 0 Å². The molecule has 0 aromatic rings. The number of carbonyl (C=O) groups is 1. The molecule has 0 amide bonds. The maximum Gasteiger partial charge on any atom is 0.161 e. The average Bonchev–Trinajstić information content (AvgIpc) is 2.35. The quantitative estimate of drug-likeness (QED) is 0.723. The third-order valence-corrected chi connectivity index (χ3v) is 5.00. The Morgan fingerprint density at radius 1 is 1.39 bits per heavy atom. The van der Waals surface area contributed by atoms with Gasteiger partial charge in [0.15, 0.2) is 5.78 Å². The monoisotopic (exact) mass is 248 g/mol. The molecule has 0 saturated heterocycles. The summed E-state index contributed by atoms with van der Waals surface area (Å²) in [5.41, 5.74) is 0.777. The molecule has 2 unspecified atom stereocenters. The van der Waals surface area contributed by atoms with Gasteiger partial charge >= 0.3 is 0 Å². The summed E-state index contributed by atoms with van der Waals surface area (Å²) < 4.78 is 0. The number of ketones is 1.